The third kappa shape index (κ3) is 3.00. The molecule has 0 amide bonds. The molecule has 1 aliphatic carbocycles. The van der Waals surface area contributed by atoms with Crippen molar-refractivity contribution in [3.05, 3.63) is 34.9 Å². The van der Waals surface area contributed by atoms with Crippen molar-refractivity contribution in [3.8, 4) is 0 Å². The lowest BCUT2D eigenvalue weighted by Gasteiger charge is -2.50. The van der Waals surface area contributed by atoms with E-state index in [1.165, 1.54) is 41.3 Å². The first kappa shape index (κ1) is 18.3. The zero-order valence-electron chi connectivity index (χ0n) is 16.9. The summed E-state index contributed by atoms with van der Waals surface area (Å²) in [5, 5.41) is 21.8. The first-order chi connectivity index (χ1) is 13.4. The van der Waals surface area contributed by atoms with Crippen LogP contribution in [0.25, 0.3) is 10.9 Å². The van der Waals surface area contributed by atoms with Crippen molar-refractivity contribution in [3.63, 3.8) is 0 Å². The molecule has 2 N–H and O–H groups in total. The van der Waals surface area contributed by atoms with Crippen LogP contribution in [-0.2, 0) is 17.6 Å². The van der Waals surface area contributed by atoms with E-state index in [9.17, 15) is 10.2 Å². The average molecular weight is 383 g/mol. The van der Waals surface area contributed by atoms with Gasteiger partial charge in [0.05, 0.1) is 23.3 Å². The van der Waals surface area contributed by atoms with Gasteiger partial charge in [-0.1, -0.05) is 0 Å². The molecule has 2 saturated heterocycles. The van der Waals surface area contributed by atoms with Gasteiger partial charge >= 0.3 is 0 Å². The van der Waals surface area contributed by atoms with Gasteiger partial charge in [0.25, 0.3) is 0 Å². The van der Waals surface area contributed by atoms with Gasteiger partial charge in [0.2, 0.25) is 0 Å². The minimum absolute atomic E-state index is 0.214. The number of aryl methyl sites for hydroxylation is 3. The average Bonchev–Trinajstić information content (AvgIpc) is 3.11. The molecule has 5 nitrogen and oxygen atoms in total. The Morgan fingerprint density at radius 1 is 1.14 bits per heavy atom. The summed E-state index contributed by atoms with van der Waals surface area (Å²) in [6, 6.07) is 6.85. The van der Waals surface area contributed by atoms with Gasteiger partial charge in [-0.15, -0.1) is 0 Å². The molecule has 2 atom stereocenters. The predicted octanol–water partition coefficient (Wildman–Crippen LogP) is 2.90. The van der Waals surface area contributed by atoms with Gasteiger partial charge in [0.15, 0.2) is 0 Å². The van der Waals surface area contributed by atoms with E-state index in [4.69, 9.17) is 9.72 Å². The Morgan fingerprint density at radius 2 is 1.86 bits per heavy atom. The Morgan fingerprint density at radius 3 is 2.57 bits per heavy atom. The molecule has 3 aliphatic rings. The van der Waals surface area contributed by atoms with E-state index in [1.54, 1.807) is 6.92 Å². The van der Waals surface area contributed by atoms with E-state index in [1.807, 2.05) is 0 Å². The van der Waals surface area contributed by atoms with Crippen molar-refractivity contribution >= 4 is 16.7 Å². The van der Waals surface area contributed by atoms with Gasteiger partial charge in [-0.3, -0.25) is 0 Å². The summed E-state index contributed by atoms with van der Waals surface area (Å²) in [5.41, 5.74) is 3.95. The van der Waals surface area contributed by atoms with Crippen LogP contribution in [0.4, 0.5) is 5.82 Å². The number of anilines is 1. The number of rotatable bonds is 1. The fourth-order valence-electron chi connectivity index (χ4n) is 5.33. The van der Waals surface area contributed by atoms with E-state index in [0.717, 1.165) is 37.3 Å². The van der Waals surface area contributed by atoms with Crippen LogP contribution in [0.2, 0.25) is 0 Å². The van der Waals surface area contributed by atoms with Crippen LogP contribution in [0.5, 0.6) is 0 Å². The fraction of sp³-hybridized carbons (Fsp3) is 0.609. The van der Waals surface area contributed by atoms with Crippen LogP contribution in [-0.4, -0.2) is 52.2 Å². The normalized spacial score (nSPS) is 29.4. The van der Waals surface area contributed by atoms with Crippen molar-refractivity contribution in [2.75, 3.05) is 24.6 Å². The molecular formula is C23H30N2O3. The van der Waals surface area contributed by atoms with Crippen LogP contribution in [0, 0.1) is 6.92 Å². The van der Waals surface area contributed by atoms with E-state index in [-0.39, 0.29) is 12.2 Å². The van der Waals surface area contributed by atoms with Gasteiger partial charge in [-0.05, 0) is 80.8 Å². The number of benzene rings is 1. The molecule has 5 heteroatoms. The van der Waals surface area contributed by atoms with Crippen LogP contribution >= 0.6 is 0 Å². The number of piperidine rings is 1. The molecule has 1 spiro atoms. The second-order valence-corrected chi connectivity index (χ2v) is 9.32. The molecule has 2 fully saturated rings. The highest BCUT2D eigenvalue weighted by molar-refractivity contribution is 5.85. The van der Waals surface area contributed by atoms with Gasteiger partial charge in [0.1, 0.15) is 11.9 Å². The van der Waals surface area contributed by atoms with Crippen molar-refractivity contribution in [2.24, 2.45) is 0 Å². The maximum absolute atomic E-state index is 10.5. The Bertz CT molecular complexity index is 916. The predicted molar refractivity (Wildman–Crippen MR) is 110 cm³/mol. The molecule has 0 bridgehead atoms. The first-order valence-electron chi connectivity index (χ1n) is 10.6. The summed E-state index contributed by atoms with van der Waals surface area (Å²) in [4.78, 5) is 7.35. The summed E-state index contributed by atoms with van der Waals surface area (Å²) in [6.45, 7) is 5.83. The molecule has 2 aromatic rings. The highest BCUT2D eigenvalue weighted by Gasteiger charge is 2.48. The third-order valence-electron chi connectivity index (χ3n) is 7.16. The van der Waals surface area contributed by atoms with Crippen LogP contribution < -0.4 is 4.90 Å². The minimum atomic E-state index is -1.07. The van der Waals surface area contributed by atoms with Crippen molar-refractivity contribution in [1.82, 2.24) is 4.98 Å². The van der Waals surface area contributed by atoms with Gasteiger partial charge < -0.3 is 19.8 Å². The van der Waals surface area contributed by atoms with Gasteiger partial charge in [0, 0.05) is 24.9 Å². The van der Waals surface area contributed by atoms with E-state index in [2.05, 4.69) is 30.0 Å². The number of nitrogens with zero attached hydrogens (tertiary/aromatic N) is 2. The van der Waals surface area contributed by atoms with E-state index >= 15 is 0 Å². The summed E-state index contributed by atoms with van der Waals surface area (Å²) >= 11 is 0. The molecule has 5 rings (SSSR count). The number of aromatic nitrogens is 1. The Labute approximate surface area is 166 Å². The monoisotopic (exact) mass is 382 g/mol. The lowest BCUT2D eigenvalue weighted by atomic mass is 9.76. The number of aliphatic hydroxyl groups is 2. The Kier molecular flexibility index (Phi) is 4.20. The molecule has 0 radical (unpaired) electrons. The largest absolute Gasteiger partial charge is 0.388 e. The number of aliphatic hydroxyl groups excluding tert-OH is 1. The molecule has 3 heterocycles. The number of hydrogen-bond donors (Lipinski definition) is 2. The fourth-order valence-corrected chi connectivity index (χ4v) is 5.33. The topological polar surface area (TPSA) is 65.8 Å². The molecule has 0 unspecified atom stereocenters. The minimum Gasteiger partial charge on any atom is -0.388 e. The van der Waals surface area contributed by atoms with Crippen molar-refractivity contribution in [1.29, 1.82) is 0 Å². The zero-order chi connectivity index (χ0) is 19.5. The number of fused-ring (bicyclic) bond motifs is 2. The standard InChI is InChI=1S/C23H30N2O3/c1-15-10-21(24-19-12-17-5-3-4-16(17)11-18(15)19)25-8-6-23(7-9-25)14-22(2,27)20(26)13-28-23/h10-12,20,26-27H,3-9,13-14H2,1-2H3/t20-,22-/m0/s1. The summed E-state index contributed by atoms with van der Waals surface area (Å²) in [7, 11) is 0. The number of hydrogen-bond acceptors (Lipinski definition) is 5. The van der Waals surface area contributed by atoms with E-state index < -0.39 is 11.7 Å². The van der Waals surface area contributed by atoms with Crippen molar-refractivity contribution in [2.45, 2.75) is 69.7 Å². The second-order valence-electron chi connectivity index (χ2n) is 9.32. The number of pyridine rings is 1. The van der Waals surface area contributed by atoms with Crippen molar-refractivity contribution < 1.29 is 14.9 Å². The summed E-state index contributed by atoms with van der Waals surface area (Å²) < 4.78 is 6.03. The molecule has 0 saturated carbocycles. The molecule has 28 heavy (non-hydrogen) atoms. The maximum atomic E-state index is 10.5. The highest BCUT2D eigenvalue weighted by Crippen LogP contribution is 2.40. The summed E-state index contributed by atoms with van der Waals surface area (Å²) in [6.07, 6.45) is 5.00. The zero-order valence-corrected chi connectivity index (χ0v) is 16.9. The highest BCUT2D eigenvalue weighted by atomic mass is 16.5. The Balaban J connectivity index is 1.38. The SMILES string of the molecule is Cc1cc(N2CCC3(CC2)C[C@](C)(O)[C@@H](O)CO3)nc2cc3c(cc12)CCC3. The van der Waals surface area contributed by atoms with Crippen LogP contribution in [0.15, 0.2) is 18.2 Å². The quantitative estimate of drug-likeness (QED) is 0.794. The lowest BCUT2D eigenvalue weighted by molar-refractivity contribution is -0.216. The van der Waals surface area contributed by atoms with Gasteiger partial charge in [-0.25, -0.2) is 4.98 Å². The molecule has 1 aromatic heterocycles. The first-order valence-corrected chi connectivity index (χ1v) is 10.6. The Hall–Kier alpha value is -1.69. The van der Waals surface area contributed by atoms with E-state index in [0.29, 0.717) is 6.42 Å². The van der Waals surface area contributed by atoms with Gasteiger partial charge in [-0.2, -0.15) is 0 Å². The van der Waals surface area contributed by atoms with Crippen LogP contribution in [0.3, 0.4) is 0 Å². The summed E-state index contributed by atoms with van der Waals surface area (Å²) in [5.74, 6) is 1.04. The molecular weight excluding hydrogens is 352 g/mol. The lowest BCUT2D eigenvalue weighted by Crippen LogP contribution is -2.59. The molecule has 1 aromatic carbocycles. The third-order valence-corrected chi connectivity index (χ3v) is 7.16. The van der Waals surface area contributed by atoms with Crippen LogP contribution in [0.1, 0.15) is 49.3 Å². The number of ether oxygens (including phenoxy) is 1. The molecule has 2 aliphatic heterocycles. The second kappa shape index (κ2) is 6.41. The smallest absolute Gasteiger partial charge is 0.129 e. The maximum Gasteiger partial charge on any atom is 0.129 e. The molecule has 150 valence electrons.